The zero-order valence-electron chi connectivity index (χ0n) is 5.20. The second kappa shape index (κ2) is 2.39. The Morgan fingerprint density at radius 1 is 1.89 bits per heavy atom. The summed E-state index contributed by atoms with van der Waals surface area (Å²) < 4.78 is 1.85. The van der Waals surface area contributed by atoms with E-state index < -0.39 is 0 Å². The van der Waals surface area contributed by atoms with Gasteiger partial charge in [0, 0.05) is 19.4 Å². The summed E-state index contributed by atoms with van der Waals surface area (Å²) in [6.07, 6.45) is 3.53. The van der Waals surface area contributed by atoms with E-state index in [4.69, 9.17) is 5.53 Å². The van der Waals surface area contributed by atoms with Crippen LogP contribution in [-0.4, -0.2) is 9.55 Å². The summed E-state index contributed by atoms with van der Waals surface area (Å²) in [5.41, 5.74) is 6.55. The highest BCUT2D eigenvalue weighted by Crippen LogP contribution is 1.94. The average Bonchev–Trinajstić information content (AvgIpc) is 2.18. The number of aromatic nitrogens is 2. The van der Waals surface area contributed by atoms with Gasteiger partial charge in [0.15, 0.2) is 0 Å². The summed E-state index contributed by atoms with van der Waals surface area (Å²) in [5.74, 6) is 0.824. The van der Waals surface area contributed by atoms with E-state index in [1.165, 1.54) is 0 Å². The standard InChI is InChI=1S/C5H8N4/c1-9-3-2-7-5(9)4-8-6/h2-3,6H,4H2,1H3. The van der Waals surface area contributed by atoms with E-state index in [1.807, 2.05) is 17.8 Å². The van der Waals surface area contributed by atoms with E-state index >= 15 is 0 Å². The molecule has 1 aromatic heterocycles. The van der Waals surface area contributed by atoms with Crippen LogP contribution in [0.25, 0.3) is 0 Å². The van der Waals surface area contributed by atoms with E-state index in [2.05, 4.69) is 10.1 Å². The number of nitrogens with one attached hydrogen (secondary N) is 1. The largest absolute Gasteiger partial charge is 0.336 e. The lowest BCUT2D eigenvalue weighted by atomic mass is 10.6. The Hall–Kier alpha value is -1.19. The van der Waals surface area contributed by atoms with Gasteiger partial charge in [0.1, 0.15) is 12.4 Å². The molecule has 9 heavy (non-hydrogen) atoms. The zero-order chi connectivity index (χ0) is 6.69. The fourth-order valence-electron chi connectivity index (χ4n) is 0.620. The molecule has 1 heterocycles. The molecule has 0 atom stereocenters. The minimum Gasteiger partial charge on any atom is -0.336 e. The first-order valence-electron chi connectivity index (χ1n) is 2.64. The van der Waals surface area contributed by atoms with Gasteiger partial charge in [-0.3, -0.25) is 0 Å². The Balaban J connectivity index is 2.80. The molecule has 0 saturated heterocycles. The van der Waals surface area contributed by atoms with Crippen molar-refractivity contribution in [3.05, 3.63) is 18.2 Å². The smallest absolute Gasteiger partial charge is 0.132 e. The van der Waals surface area contributed by atoms with Gasteiger partial charge in [-0.05, 0) is 0 Å². The first kappa shape index (κ1) is 5.94. The first-order chi connectivity index (χ1) is 4.34. The van der Waals surface area contributed by atoms with Gasteiger partial charge in [0.05, 0.1) is 0 Å². The van der Waals surface area contributed by atoms with Gasteiger partial charge < -0.3 is 4.57 Å². The number of hydrogen-bond donors (Lipinski definition) is 1. The third kappa shape index (κ3) is 1.13. The predicted octanol–water partition coefficient (Wildman–Crippen LogP) is 0.951. The van der Waals surface area contributed by atoms with Crippen LogP contribution in [0.4, 0.5) is 0 Å². The highest BCUT2D eigenvalue weighted by atomic mass is 15.1. The topological polar surface area (TPSA) is 54.0 Å². The number of imidazole rings is 1. The maximum absolute atomic E-state index is 6.55. The Bertz CT molecular complexity index is 202. The van der Waals surface area contributed by atoms with Crippen molar-refractivity contribution in [1.29, 1.82) is 5.53 Å². The minimum atomic E-state index is 0.378. The Kier molecular flexibility index (Phi) is 1.58. The van der Waals surface area contributed by atoms with Crippen molar-refractivity contribution in [3.8, 4) is 0 Å². The van der Waals surface area contributed by atoms with E-state index in [0.717, 1.165) is 5.82 Å². The van der Waals surface area contributed by atoms with Gasteiger partial charge in [0.25, 0.3) is 0 Å². The van der Waals surface area contributed by atoms with Crippen molar-refractivity contribution in [2.45, 2.75) is 6.54 Å². The van der Waals surface area contributed by atoms with Crippen LogP contribution in [0.15, 0.2) is 17.5 Å². The number of hydrogen-bond acceptors (Lipinski definition) is 3. The zero-order valence-corrected chi connectivity index (χ0v) is 5.20. The van der Waals surface area contributed by atoms with E-state index in [1.54, 1.807) is 6.20 Å². The summed E-state index contributed by atoms with van der Waals surface area (Å²) in [6.45, 7) is 0.378. The van der Waals surface area contributed by atoms with Crippen molar-refractivity contribution >= 4 is 0 Å². The van der Waals surface area contributed by atoms with Crippen molar-refractivity contribution in [1.82, 2.24) is 9.55 Å². The monoisotopic (exact) mass is 124 g/mol. The van der Waals surface area contributed by atoms with Crippen molar-refractivity contribution < 1.29 is 0 Å². The summed E-state index contributed by atoms with van der Waals surface area (Å²) >= 11 is 0. The fraction of sp³-hybridized carbons (Fsp3) is 0.400. The lowest BCUT2D eigenvalue weighted by Gasteiger charge is -1.92. The van der Waals surface area contributed by atoms with Crippen LogP contribution in [-0.2, 0) is 13.6 Å². The number of rotatable bonds is 2. The molecule has 1 N–H and O–H groups in total. The van der Waals surface area contributed by atoms with Crippen molar-refractivity contribution in [2.75, 3.05) is 0 Å². The van der Waals surface area contributed by atoms with Gasteiger partial charge in [-0.25, -0.2) is 10.5 Å². The summed E-state index contributed by atoms with van der Waals surface area (Å²) in [6, 6.07) is 0. The van der Waals surface area contributed by atoms with Gasteiger partial charge in [0.2, 0.25) is 0 Å². The number of nitrogens with zero attached hydrogens (tertiary/aromatic N) is 3. The van der Waals surface area contributed by atoms with Crippen molar-refractivity contribution in [2.24, 2.45) is 12.2 Å². The molecule has 1 rings (SSSR count). The highest BCUT2D eigenvalue weighted by Gasteiger charge is 1.93. The van der Waals surface area contributed by atoms with E-state index in [9.17, 15) is 0 Å². The van der Waals surface area contributed by atoms with Gasteiger partial charge >= 0.3 is 0 Å². The maximum Gasteiger partial charge on any atom is 0.132 e. The molecule has 0 bridgehead atoms. The van der Waals surface area contributed by atoms with Crippen LogP contribution in [0.1, 0.15) is 5.82 Å². The lowest BCUT2D eigenvalue weighted by molar-refractivity contribution is 0.758. The molecule has 0 amide bonds. The van der Waals surface area contributed by atoms with E-state index in [-0.39, 0.29) is 0 Å². The molecule has 0 spiro atoms. The van der Waals surface area contributed by atoms with Gasteiger partial charge in [-0.1, -0.05) is 0 Å². The maximum atomic E-state index is 6.55. The summed E-state index contributed by atoms with van der Waals surface area (Å²) in [7, 11) is 1.88. The molecule has 4 nitrogen and oxygen atoms in total. The normalized spacial score (nSPS) is 9.44. The SMILES string of the molecule is Cn1ccnc1CN=N. The molecular formula is C5H8N4. The molecule has 0 radical (unpaired) electrons. The van der Waals surface area contributed by atoms with Crippen LogP contribution in [0, 0.1) is 5.53 Å². The molecule has 0 aliphatic carbocycles. The molecule has 0 unspecified atom stereocenters. The molecule has 0 aliphatic heterocycles. The van der Waals surface area contributed by atoms with Gasteiger partial charge in [-0.2, -0.15) is 5.11 Å². The number of aryl methyl sites for hydroxylation is 1. The quantitative estimate of drug-likeness (QED) is 0.586. The van der Waals surface area contributed by atoms with Crippen LogP contribution < -0.4 is 0 Å². The minimum absolute atomic E-state index is 0.378. The van der Waals surface area contributed by atoms with Crippen molar-refractivity contribution in [3.63, 3.8) is 0 Å². The molecule has 4 heteroatoms. The third-order valence-corrected chi connectivity index (χ3v) is 1.14. The molecule has 0 aromatic carbocycles. The molecule has 0 fully saturated rings. The van der Waals surface area contributed by atoms with Crippen LogP contribution in [0.3, 0.4) is 0 Å². The van der Waals surface area contributed by atoms with Crippen LogP contribution >= 0.6 is 0 Å². The second-order valence-corrected chi connectivity index (χ2v) is 1.77. The third-order valence-electron chi connectivity index (χ3n) is 1.14. The molecular weight excluding hydrogens is 116 g/mol. The predicted molar refractivity (Wildman–Crippen MR) is 32.1 cm³/mol. The average molecular weight is 124 g/mol. The second-order valence-electron chi connectivity index (χ2n) is 1.77. The molecule has 0 aliphatic rings. The van der Waals surface area contributed by atoms with Crippen LogP contribution in [0.2, 0.25) is 0 Å². The Morgan fingerprint density at radius 2 is 2.67 bits per heavy atom. The van der Waals surface area contributed by atoms with Gasteiger partial charge in [-0.15, -0.1) is 0 Å². The van der Waals surface area contributed by atoms with Crippen LogP contribution in [0.5, 0.6) is 0 Å². The summed E-state index contributed by atoms with van der Waals surface area (Å²) in [5, 5.41) is 3.21. The fourth-order valence-corrected chi connectivity index (χ4v) is 0.620. The lowest BCUT2D eigenvalue weighted by Crippen LogP contribution is -1.93. The Labute approximate surface area is 53.0 Å². The van der Waals surface area contributed by atoms with E-state index in [0.29, 0.717) is 6.54 Å². The highest BCUT2D eigenvalue weighted by molar-refractivity contribution is 4.89. The molecule has 1 aromatic rings. The molecule has 0 saturated carbocycles. The Morgan fingerprint density at radius 3 is 3.11 bits per heavy atom. The first-order valence-corrected chi connectivity index (χ1v) is 2.64. The summed E-state index contributed by atoms with van der Waals surface area (Å²) in [4.78, 5) is 3.95. The molecule has 48 valence electrons.